The predicted molar refractivity (Wildman–Crippen MR) is 134 cm³/mol. The highest BCUT2D eigenvalue weighted by atomic mass is 16.6. The summed E-state index contributed by atoms with van der Waals surface area (Å²) in [5.41, 5.74) is 7.53. The summed E-state index contributed by atoms with van der Waals surface area (Å²) in [4.78, 5) is 15.8. The summed E-state index contributed by atoms with van der Waals surface area (Å²) in [5, 5.41) is 15.9. The first-order valence-corrected chi connectivity index (χ1v) is 12.1. The summed E-state index contributed by atoms with van der Waals surface area (Å²) in [5.74, 6) is 0.585. The molecule has 2 N–H and O–H groups in total. The number of rotatable bonds is 4. The van der Waals surface area contributed by atoms with Gasteiger partial charge in [0.25, 0.3) is 5.69 Å². The van der Waals surface area contributed by atoms with Gasteiger partial charge in [-0.05, 0) is 100.0 Å². The smallest absolute Gasteiger partial charge is 0.271 e. The van der Waals surface area contributed by atoms with Crippen molar-refractivity contribution in [3.63, 3.8) is 0 Å². The minimum atomic E-state index is -0.382. The van der Waals surface area contributed by atoms with Crippen molar-refractivity contribution >= 4 is 17.3 Å². The molecule has 2 fully saturated rings. The zero-order valence-corrected chi connectivity index (χ0v) is 21.7. The summed E-state index contributed by atoms with van der Waals surface area (Å²) < 4.78 is 0. The van der Waals surface area contributed by atoms with E-state index in [9.17, 15) is 10.1 Å². The molecule has 0 unspecified atom stereocenters. The summed E-state index contributed by atoms with van der Waals surface area (Å²) in [6.07, 6.45) is 6.66. The van der Waals surface area contributed by atoms with Gasteiger partial charge in [0.2, 0.25) is 5.96 Å². The number of hydrogen-bond donors (Lipinski definition) is 2. The second-order valence-electron chi connectivity index (χ2n) is 12.1. The van der Waals surface area contributed by atoms with Crippen molar-refractivity contribution in [2.45, 2.75) is 116 Å². The highest BCUT2D eigenvalue weighted by Gasteiger charge is 2.45. The van der Waals surface area contributed by atoms with Crippen molar-refractivity contribution in [3.05, 3.63) is 34.4 Å². The van der Waals surface area contributed by atoms with Crippen LogP contribution >= 0.6 is 0 Å². The summed E-state index contributed by atoms with van der Waals surface area (Å²) in [7, 11) is 0. The van der Waals surface area contributed by atoms with Gasteiger partial charge in [-0.15, -0.1) is 0 Å². The molecule has 0 spiro atoms. The Labute approximate surface area is 198 Å². The Morgan fingerprint density at radius 1 is 0.848 bits per heavy atom. The number of nitro groups is 1. The fourth-order valence-corrected chi connectivity index (χ4v) is 5.69. The summed E-state index contributed by atoms with van der Waals surface area (Å²) >= 11 is 0. The SMILES string of the molecule is CC1(C)CCCC(C)(C)N1NC(=Nc1cccc([N+](=O)[O-])c1)NN1C(C)(C)CCCC1(C)C. The Hall–Kier alpha value is -2.19. The lowest BCUT2D eigenvalue weighted by atomic mass is 9.81. The van der Waals surface area contributed by atoms with Gasteiger partial charge in [-0.2, -0.15) is 0 Å². The average Bonchev–Trinajstić information content (AvgIpc) is 2.67. The molecule has 0 amide bonds. The first-order chi connectivity index (χ1) is 15.1. The number of piperidine rings is 2. The van der Waals surface area contributed by atoms with Crippen LogP contribution in [0.25, 0.3) is 0 Å². The van der Waals surface area contributed by atoms with Crippen LogP contribution in [0.15, 0.2) is 29.3 Å². The molecule has 184 valence electrons. The van der Waals surface area contributed by atoms with Crippen LogP contribution in [-0.4, -0.2) is 43.1 Å². The van der Waals surface area contributed by atoms with E-state index in [1.807, 2.05) is 0 Å². The maximum Gasteiger partial charge on any atom is 0.271 e. The molecule has 2 aliphatic heterocycles. The number of hydrogen-bond acceptors (Lipinski definition) is 5. The van der Waals surface area contributed by atoms with Crippen molar-refractivity contribution in [3.8, 4) is 0 Å². The highest BCUT2D eigenvalue weighted by Crippen LogP contribution is 2.38. The van der Waals surface area contributed by atoms with E-state index in [0.29, 0.717) is 11.6 Å². The Bertz CT molecular complexity index is 832. The van der Waals surface area contributed by atoms with E-state index in [1.54, 1.807) is 12.1 Å². The molecule has 0 atom stereocenters. The molecule has 0 aromatic heterocycles. The minimum absolute atomic E-state index is 0.0351. The molecular weight excluding hydrogens is 416 g/mol. The van der Waals surface area contributed by atoms with E-state index in [2.05, 4.69) is 76.3 Å². The van der Waals surface area contributed by atoms with Gasteiger partial charge in [-0.25, -0.2) is 15.0 Å². The summed E-state index contributed by atoms with van der Waals surface area (Å²) in [6, 6.07) is 6.49. The van der Waals surface area contributed by atoms with E-state index in [-0.39, 0.29) is 32.8 Å². The van der Waals surface area contributed by atoms with Crippen molar-refractivity contribution in [1.82, 2.24) is 20.9 Å². The second-order valence-corrected chi connectivity index (χ2v) is 12.1. The van der Waals surface area contributed by atoms with Crippen LogP contribution in [0.5, 0.6) is 0 Å². The van der Waals surface area contributed by atoms with Crippen LogP contribution in [0.2, 0.25) is 0 Å². The number of nitrogens with one attached hydrogen (secondary N) is 2. The molecular formula is C25H42N6O2. The van der Waals surface area contributed by atoms with Crippen molar-refractivity contribution in [2.24, 2.45) is 4.99 Å². The Kier molecular flexibility index (Phi) is 6.84. The third-order valence-electron chi connectivity index (χ3n) is 7.29. The maximum absolute atomic E-state index is 11.3. The van der Waals surface area contributed by atoms with E-state index in [0.717, 1.165) is 25.7 Å². The third-order valence-corrected chi connectivity index (χ3v) is 7.29. The molecule has 1 aromatic carbocycles. The number of non-ortho nitro benzene ring substituents is 1. The van der Waals surface area contributed by atoms with Crippen LogP contribution in [0.1, 0.15) is 93.9 Å². The van der Waals surface area contributed by atoms with Crippen molar-refractivity contribution in [2.75, 3.05) is 0 Å². The standard InChI is InChI=1S/C25H42N6O2/c1-22(2)14-10-15-23(3,4)30(22)27-21(26-19-12-9-13-20(18-19)29(32)33)28-31-24(5,6)16-11-17-25(31,7)8/h9,12-13,18H,10-11,14-17H2,1-8H3,(H2,26,27,28). The van der Waals surface area contributed by atoms with Gasteiger partial charge >= 0.3 is 0 Å². The molecule has 0 aliphatic carbocycles. The van der Waals surface area contributed by atoms with Gasteiger partial charge in [0.05, 0.1) is 10.6 Å². The number of guanidine groups is 1. The van der Waals surface area contributed by atoms with Crippen LogP contribution in [0, 0.1) is 10.1 Å². The molecule has 2 aliphatic rings. The summed E-state index contributed by atoms with van der Waals surface area (Å²) in [6.45, 7) is 18.0. The fourth-order valence-electron chi connectivity index (χ4n) is 5.69. The molecule has 2 saturated heterocycles. The van der Waals surface area contributed by atoms with E-state index in [4.69, 9.17) is 4.99 Å². The molecule has 8 heteroatoms. The molecule has 2 heterocycles. The second kappa shape index (κ2) is 8.87. The normalized spacial score (nSPS) is 24.0. The lowest BCUT2D eigenvalue weighted by Crippen LogP contribution is -2.71. The van der Waals surface area contributed by atoms with Crippen molar-refractivity contribution in [1.29, 1.82) is 0 Å². The van der Waals surface area contributed by atoms with E-state index in [1.165, 1.54) is 25.0 Å². The number of nitro benzene ring substituents is 1. The van der Waals surface area contributed by atoms with Gasteiger partial charge in [0, 0.05) is 34.3 Å². The van der Waals surface area contributed by atoms with Gasteiger partial charge in [-0.1, -0.05) is 6.07 Å². The van der Waals surface area contributed by atoms with Crippen LogP contribution in [0.4, 0.5) is 11.4 Å². The third kappa shape index (κ3) is 5.66. The van der Waals surface area contributed by atoms with Crippen LogP contribution < -0.4 is 10.9 Å². The number of hydrazine groups is 2. The first-order valence-electron chi connectivity index (χ1n) is 12.1. The van der Waals surface area contributed by atoms with Crippen molar-refractivity contribution < 1.29 is 4.92 Å². The number of nitrogens with zero attached hydrogens (tertiary/aromatic N) is 4. The van der Waals surface area contributed by atoms with Gasteiger partial charge < -0.3 is 0 Å². The van der Waals surface area contributed by atoms with Crippen LogP contribution in [0.3, 0.4) is 0 Å². The van der Waals surface area contributed by atoms with E-state index < -0.39 is 0 Å². The molecule has 0 saturated carbocycles. The fraction of sp³-hybridized carbons (Fsp3) is 0.720. The zero-order chi connectivity index (χ0) is 24.7. The van der Waals surface area contributed by atoms with Gasteiger partial charge in [0.1, 0.15) is 0 Å². The van der Waals surface area contributed by atoms with Gasteiger partial charge in [0.15, 0.2) is 0 Å². The lowest BCUT2D eigenvalue weighted by molar-refractivity contribution is -0.384. The Balaban J connectivity index is 2.03. The molecule has 3 rings (SSSR count). The quantitative estimate of drug-likeness (QED) is 0.261. The minimum Gasteiger partial charge on any atom is -0.287 e. The lowest BCUT2D eigenvalue weighted by Gasteiger charge is -2.55. The Morgan fingerprint density at radius 2 is 1.27 bits per heavy atom. The maximum atomic E-state index is 11.3. The molecule has 8 nitrogen and oxygen atoms in total. The Morgan fingerprint density at radius 3 is 1.67 bits per heavy atom. The first kappa shape index (κ1) is 25.4. The molecule has 33 heavy (non-hydrogen) atoms. The number of aliphatic imine (C=N–C) groups is 1. The predicted octanol–water partition coefficient (Wildman–Crippen LogP) is 5.68. The average molecular weight is 459 g/mol. The molecule has 0 bridgehead atoms. The molecule has 1 aromatic rings. The largest absolute Gasteiger partial charge is 0.287 e. The van der Waals surface area contributed by atoms with E-state index >= 15 is 0 Å². The van der Waals surface area contributed by atoms with Gasteiger partial charge in [-0.3, -0.25) is 21.0 Å². The molecule has 0 radical (unpaired) electrons. The van der Waals surface area contributed by atoms with Crippen LogP contribution in [-0.2, 0) is 0 Å². The number of benzene rings is 1. The zero-order valence-electron chi connectivity index (χ0n) is 21.7. The highest BCUT2D eigenvalue weighted by molar-refractivity contribution is 5.82. The topological polar surface area (TPSA) is 86.0 Å². The monoisotopic (exact) mass is 458 g/mol.